The smallest absolute Gasteiger partial charge is 0.259 e. The number of carbonyl (C=O) groups is 1. The monoisotopic (exact) mass is 333 g/mol. The van der Waals surface area contributed by atoms with Crippen molar-refractivity contribution in [2.75, 3.05) is 5.32 Å². The molecule has 7 heteroatoms. The molecule has 0 saturated heterocycles. The van der Waals surface area contributed by atoms with Gasteiger partial charge in [-0.25, -0.2) is 4.98 Å². The van der Waals surface area contributed by atoms with E-state index in [-0.39, 0.29) is 5.91 Å². The third kappa shape index (κ3) is 2.84. The maximum atomic E-state index is 12.1. The van der Waals surface area contributed by atoms with E-state index >= 15 is 0 Å². The van der Waals surface area contributed by atoms with Crippen molar-refractivity contribution in [3.63, 3.8) is 0 Å². The minimum Gasteiger partial charge on any atom is -0.298 e. The van der Waals surface area contributed by atoms with Gasteiger partial charge in [0.1, 0.15) is 0 Å². The number of carbonyl (C=O) groups excluding carboxylic acids is 1. The summed E-state index contributed by atoms with van der Waals surface area (Å²) in [6.45, 7) is 0. The molecule has 0 saturated carbocycles. The number of anilines is 1. The zero-order valence-electron chi connectivity index (χ0n) is 12.4. The van der Waals surface area contributed by atoms with Crippen LogP contribution in [-0.2, 0) is 0 Å². The van der Waals surface area contributed by atoms with Crippen LogP contribution in [0.1, 0.15) is 10.4 Å². The van der Waals surface area contributed by atoms with Crippen LogP contribution in [-0.4, -0.2) is 26.1 Å². The van der Waals surface area contributed by atoms with E-state index in [1.54, 1.807) is 18.5 Å². The highest BCUT2D eigenvalue weighted by atomic mass is 32.1. The van der Waals surface area contributed by atoms with Gasteiger partial charge in [0.25, 0.3) is 5.91 Å². The summed E-state index contributed by atoms with van der Waals surface area (Å²) in [4.78, 5) is 21.5. The Balaban J connectivity index is 1.58. The molecule has 1 aromatic carbocycles. The SMILES string of the molecule is O=C(Nc1ncc(-c2ccc3cnccc3c2)s1)c1ccnnc1. The van der Waals surface area contributed by atoms with Crippen LogP contribution in [0.3, 0.4) is 0 Å². The lowest BCUT2D eigenvalue weighted by molar-refractivity contribution is 0.102. The van der Waals surface area contributed by atoms with Crippen LogP contribution < -0.4 is 5.32 Å². The molecule has 4 rings (SSSR count). The van der Waals surface area contributed by atoms with Gasteiger partial charge in [0.05, 0.1) is 22.8 Å². The van der Waals surface area contributed by atoms with Crippen molar-refractivity contribution < 1.29 is 4.79 Å². The molecule has 0 fully saturated rings. The van der Waals surface area contributed by atoms with Crippen molar-refractivity contribution in [2.24, 2.45) is 0 Å². The molecule has 0 aliphatic rings. The summed E-state index contributed by atoms with van der Waals surface area (Å²) in [5.74, 6) is -0.254. The average Bonchev–Trinajstić information content (AvgIpc) is 3.10. The fourth-order valence-corrected chi connectivity index (χ4v) is 3.10. The number of amides is 1. The Bertz CT molecular complexity index is 1020. The number of hydrogen-bond donors (Lipinski definition) is 1. The molecular weight excluding hydrogens is 322 g/mol. The minimum absolute atomic E-state index is 0.254. The lowest BCUT2D eigenvalue weighted by Crippen LogP contribution is -2.11. The number of aromatic nitrogens is 4. The van der Waals surface area contributed by atoms with Crippen LogP contribution in [0.25, 0.3) is 21.2 Å². The van der Waals surface area contributed by atoms with Gasteiger partial charge in [-0.3, -0.25) is 15.1 Å². The molecule has 0 bridgehead atoms. The van der Waals surface area contributed by atoms with E-state index < -0.39 is 0 Å². The fourth-order valence-electron chi connectivity index (χ4n) is 2.30. The van der Waals surface area contributed by atoms with Crippen molar-refractivity contribution in [1.29, 1.82) is 0 Å². The highest BCUT2D eigenvalue weighted by molar-refractivity contribution is 7.19. The normalized spacial score (nSPS) is 10.7. The highest BCUT2D eigenvalue weighted by Crippen LogP contribution is 2.31. The maximum absolute atomic E-state index is 12.1. The molecule has 4 aromatic rings. The van der Waals surface area contributed by atoms with E-state index in [4.69, 9.17) is 0 Å². The summed E-state index contributed by atoms with van der Waals surface area (Å²) in [5, 5.41) is 12.9. The van der Waals surface area contributed by atoms with Crippen LogP contribution >= 0.6 is 11.3 Å². The Kier molecular flexibility index (Phi) is 3.68. The molecule has 3 aromatic heterocycles. The van der Waals surface area contributed by atoms with Crippen LogP contribution in [0.2, 0.25) is 0 Å². The van der Waals surface area contributed by atoms with Crippen molar-refractivity contribution in [3.05, 3.63) is 66.9 Å². The molecule has 24 heavy (non-hydrogen) atoms. The standard InChI is InChI=1S/C17H11N5OS/c23-16(14-4-6-20-21-9-14)22-17-19-10-15(24-17)12-1-2-13-8-18-5-3-11(13)7-12/h1-10H,(H,19,22,23). The summed E-state index contributed by atoms with van der Waals surface area (Å²) in [7, 11) is 0. The molecule has 0 atom stereocenters. The first-order valence-electron chi connectivity index (χ1n) is 7.18. The molecule has 0 aliphatic heterocycles. The third-order valence-electron chi connectivity index (χ3n) is 3.50. The van der Waals surface area contributed by atoms with Gasteiger partial charge in [-0.15, -0.1) is 0 Å². The number of nitrogens with one attached hydrogen (secondary N) is 1. The molecule has 0 unspecified atom stereocenters. The number of nitrogens with zero attached hydrogens (tertiary/aromatic N) is 4. The topological polar surface area (TPSA) is 80.7 Å². The van der Waals surface area contributed by atoms with Gasteiger partial charge in [-0.1, -0.05) is 23.5 Å². The Hall–Kier alpha value is -3.19. The third-order valence-corrected chi connectivity index (χ3v) is 4.46. The molecular formula is C17H11N5OS. The van der Waals surface area contributed by atoms with Crippen molar-refractivity contribution in [2.45, 2.75) is 0 Å². The first kappa shape index (κ1) is 14.4. The van der Waals surface area contributed by atoms with E-state index in [1.807, 2.05) is 24.4 Å². The van der Waals surface area contributed by atoms with E-state index in [1.165, 1.54) is 23.7 Å². The molecule has 0 aliphatic carbocycles. The van der Waals surface area contributed by atoms with Gasteiger partial charge in [0.2, 0.25) is 0 Å². The van der Waals surface area contributed by atoms with Crippen LogP contribution in [0.5, 0.6) is 0 Å². The van der Waals surface area contributed by atoms with E-state index in [0.29, 0.717) is 10.7 Å². The first-order chi connectivity index (χ1) is 11.8. The minimum atomic E-state index is -0.254. The molecule has 116 valence electrons. The number of fused-ring (bicyclic) bond motifs is 1. The lowest BCUT2D eigenvalue weighted by atomic mass is 10.1. The molecule has 3 heterocycles. The van der Waals surface area contributed by atoms with Crippen LogP contribution in [0.4, 0.5) is 5.13 Å². The molecule has 0 spiro atoms. The predicted molar refractivity (Wildman–Crippen MR) is 92.8 cm³/mol. The number of hydrogen-bond acceptors (Lipinski definition) is 6. The number of pyridine rings is 1. The van der Waals surface area contributed by atoms with Gasteiger partial charge in [0, 0.05) is 24.0 Å². The Morgan fingerprint density at radius 1 is 0.958 bits per heavy atom. The molecule has 0 radical (unpaired) electrons. The summed E-state index contributed by atoms with van der Waals surface area (Å²) < 4.78 is 0. The van der Waals surface area contributed by atoms with Crippen LogP contribution in [0.15, 0.2) is 61.3 Å². The predicted octanol–water partition coefficient (Wildman–Crippen LogP) is 3.40. The zero-order chi connectivity index (χ0) is 16.4. The van der Waals surface area contributed by atoms with E-state index in [9.17, 15) is 4.79 Å². The number of benzene rings is 1. The zero-order valence-corrected chi connectivity index (χ0v) is 13.2. The average molecular weight is 333 g/mol. The second-order valence-corrected chi connectivity index (χ2v) is 6.08. The Labute approximate surface area is 141 Å². The second kappa shape index (κ2) is 6.13. The molecule has 1 amide bonds. The Morgan fingerprint density at radius 3 is 2.79 bits per heavy atom. The van der Waals surface area contributed by atoms with E-state index in [0.717, 1.165) is 21.2 Å². The van der Waals surface area contributed by atoms with Gasteiger partial charge in [0.15, 0.2) is 5.13 Å². The summed E-state index contributed by atoms with van der Waals surface area (Å²) in [6.07, 6.45) is 8.26. The summed E-state index contributed by atoms with van der Waals surface area (Å²) in [5.41, 5.74) is 1.50. The maximum Gasteiger partial charge on any atom is 0.259 e. The largest absolute Gasteiger partial charge is 0.298 e. The molecule has 6 nitrogen and oxygen atoms in total. The van der Waals surface area contributed by atoms with Crippen LogP contribution in [0, 0.1) is 0 Å². The van der Waals surface area contributed by atoms with Crippen molar-refractivity contribution in [1.82, 2.24) is 20.2 Å². The summed E-state index contributed by atoms with van der Waals surface area (Å²) in [6, 6.07) is 9.71. The summed E-state index contributed by atoms with van der Waals surface area (Å²) >= 11 is 1.42. The molecule has 1 N–H and O–H groups in total. The first-order valence-corrected chi connectivity index (χ1v) is 7.99. The number of rotatable bonds is 3. The van der Waals surface area contributed by atoms with Gasteiger partial charge >= 0.3 is 0 Å². The Morgan fingerprint density at radius 2 is 1.92 bits per heavy atom. The van der Waals surface area contributed by atoms with Crippen molar-refractivity contribution in [3.8, 4) is 10.4 Å². The highest BCUT2D eigenvalue weighted by Gasteiger charge is 2.10. The van der Waals surface area contributed by atoms with Gasteiger partial charge in [-0.05, 0) is 29.1 Å². The number of thiazole rings is 1. The lowest BCUT2D eigenvalue weighted by Gasteiger charge is -2.01. The fraction of sp³-hybridized carbons (Fsp3) is 0. The van der Waals surface area contributed by atoms with Gasteiger partial charge < -0.3 is 0 Å². The quantitative estimate of drug-likeness (QED) is 0.621. The second-order valence-electron chi connectivity index (χ2n) is 5.05. The van der Waals surface area contributed by atoms with E-state index in [2.05, 4.69) is 31.5 Å². The van der Waals surface area contributed by atoms with Gasteiger partial charge in [-0.2, -0.15) is 10.2 Å². The van der Waals surface area contributed by atoms with Crippen molar-refractivity contribution >= 4 is 33.1 Å².